The highest BCUT2D eigenvalue weighted by atomic mass is 32.2. The molecule has 1 aliphatic rings. The lowest BCUT2D eigenvalue weighted by molar-refractivity contribution is -0.290. The Kier molecular flexibility index (Phi) is 5.41. The fourth-order valence-electron chi connectivity index (χ4n) is 2.36. The van der Waals surface area contributed by atoms with E-state index in [1.54, 1.807) is 12.1 Å². The molecule has 1 N–H and O–H groups in total. The molecule has 1 aromatic rings. The molecule has 0 aliphatic carbocycles. The third kappa shape index (κ3) is 3.09. The maximum absolute atomic E-state index is 13.3. The summed E-state index contributed by atoms with van der Waals surface area (Å²) >= 11 is 5.76. The van der Waals surface area contributed by atoms with Gasteiger partial charge in [0.1, 0.15) is 4.32 Å². The minimum Gasteiger partial charge on any atom is -0.493 e. The average Bonchev–Trinajstić information content (AvgIpc) is 2.83. The molecule has 10 heteroatoms. The second-order valence-corrected chi connectivity index (χ2v) is 6.56. The van der Waals surface area contributed by atoms with E-state index in [0.717, 1.165) is 16.7 Å². The summed E-state index contributed by atoms with van der Waals surface area (Å²) in [7, 11) is 4.20. The number of rotatable bonds is 5. The Balaban J connectivity index is 2.45. The minimum absolute atomic E-state index is 0.0355. The van der Waals surface area contributed by atoms with Crippen LogP contribution < -0.4 is 14.2 Å². The van der Waals surface area contributed by atoms with E-state index in [-0.39, 0.29) is 22.4 Å². The monoisotopic (exact) mass is 383 g/mol. The van der Waals surface area contributed by atoms with E-state index in [2.05, 4.69) is 0 Å². The average molecular weight is 383 g/mol. The topological polar surface area (TPSA) is 51.2 Å². The number of ether oxygens (including phenoxy) is 3. The summed E-state index contributed by atoms with van der Waals surface area (Å²) in [6, 6.07) is 3.10. The normalized spacial score (nSPS) is 21.1. The van der Waals surface area contributed by atoms with Crippen molar-refractivity contribution in [1.82, 2.24) is 4.90 Å². The van der Waals surface area contributed by atoms with E-state index in [9.17, 15) is 18.3 Å². The summed E-state index contributed by atoms with van der Waals surface area (Å²) in [5.74, 6) is 0.278. The SMILES string of the molecule is COc1ccc(CN2C(=S)SCC2(O)C(F)(F)F)c(OC)c1OC. The van der Waals surface area contributed by atoms with Gasteiger partial charge in [0, 0.05) is 5.56 Å². The Hall–Kier alpha value is -1.39. The summed E-state index contributed by atoms with van der Waals surface area (Å²) in [5, 5.41) is 10.1. The summed E-state index contributed by atoms with van der Waals surface area (Å²) in [6.07, 6.45) is -4.84. The van der Waals surface area contributed by atoms with E-state index < -0.39 is 17.7 Å². The number of hydrogen-bond acceptors (Lipinski definition) is 6. The third-order valence-electron chi connectivity index (χ3n) is 3.63. The van der Waals surface area contributed by atoms with Crippen LogP contribution in [0.15, 0.2) is 12.1 Å². The number of methoxy groups -OCH3 is 3. The maximum atomic E-state index is 13.3. The van der Waals surface area contributed by atoms with E-state index in [0.29, 0.717) is 11.3 Å². The number of halogens is 3. The van der Waals surface area contributed by atoms with Crippen LogP contribution >= 0.6 is 24.0 Å². The molecule has 0 spiro atoms. The van der Waals surface area contributed by atoms with Crippen molar-refractivity contribution >= 4 is 28.3 Å². The highest BCUT2D eigenvalue weighted by Gasteiger charge is 2.61. The van der Waals surface area contributed by atoms with Gasteiger partial charge < -0.3 is 24.2 Å². The molecular formula is C14H16F3NO4S2. The molecule has 0 amide bonds. The molecule has 24 heavy (non-hydrogen) atoms. The molecule has 1 unspecified atom stereocenters. The quantitative estimate of drug-likeness (QED) is 0.785. The van der Waals surface area contributed by atoms with Crippen LogP contribution in [0.5, 0.6) is 17.2 Å². The fraction of sp³-hybridized carbons (Fsp3) is 0.500. The van der Waals surface area contributed by atoms with Crippen molar-refractivity contribution in [3.05, 3.63) is 17.7 Å². The van der Waals surface area contributed by atoms with Gasteiger partial charge in [0.25, 0.3) is 0 Å². The molecule has 1 heterocycles. The molecule has 134 valence electrons. The zero-order valence-corrected chi connectivity index (χ0v) is 14.8. The highest BCUT2D eigenvalue weighted by molar-refractivity contribution is 8.23. The van der Waals surface area contributed by atoms with Crippen molar-refractivity contribution in [2.24, 2.45) is 0 Å². The summed E-state index contributed by atoms with van der Waals surface area (Å²) in [4.78, 5) is 0.747. The molecule has 0 aromatic heterocycles. The van der Waals surface area contributed by atoms with E-state index >= 15 is 0 Å². The lowest BCUT2D eigenvalue weighted by Gasteiger charge is -2.35. The molecule has 1 aromatic carbocycles. The molecule has 0 bridgehead atoms. The molecule has 0 saturated carbocycles. The van der Waals surface area contributed by atoms with Crippen molar-refractivity contribution in [2.75, 3.05) is 27.1 Å². The van der Waals surface area contributed by atoms with Crippen LogP contribution in [-0.2, 0) is 6.54 Å². The number of nitrogens with zero attached hydrogens (tertiary/aromatic N) is 1. The lowest BCUT2D eigenvalue weighted by atomic mass is 10.1. The zero-order valence-electron chi connectivity index (χ0n) is 13.1. The second kappa shape index (κ2) is 6.85. The summed E-state index contributed by atoms with van der Waals surface area (Å²) in [5.41, 5.74) is -2.64. The Bertz CT molecular complexity index is 641. The Morgan fingerprint density at radius 3 is 2.33 bits per heavy atom. The smallest absolute Gasteiger partial charge is 0.437 e. The van der Waals surface area contributed by atoms with Crippen LogP contribution in [0.3, 0.4) is 0 Å². The van der Waals surface area contributed by atoms with Crippen LogP contribution in [0.4, 0.5) is 13.2 Å². The number of aliphatic hydroxyl groups is 1. The van der Waals surface area contributed by atoms with Crippen molar-refractivity contribution < 1.29 is 32.5 Å². The third-order valence-corrected chi connectivity index (χ3v) is 5.22. The van der Waals surface area contributed by atoms with Crippen molar-refractivity contribution in [3.63, 3.8) is 0 Å². The van der Waals surface area contributed by atoms with E-state index in [1.807, 2.05) is 0 Å². The minimum atomic E-state index is -4.84. The zero-order chi connectivity index (χ0) is 18.1. The van der Waals surface area contributed by atoms with Gasteiger partial charge in [-0.05, 0) is 12.1 Å². The molecule has 1 atom stereocenters. The first-order valence-electron chi connectivity index (χ1n) is 6.71. The predicted molar refractivity (Wildman–Crippen MR) is 87.7 cm³/mol. The van der Waals surface area contributed by atoms with Crippen LogP contribution in [-0.4, -0.2) is 53.3 Å². The Morgan fingerprint density at radius 1 is 1.21 bits per heavy atom. The molecule has 0 radical (unpaired) electrons. The molecule has 1 aliphatic heterocycles. The predicted octanol–water partition coefficient (Wildman–Crippen LogP) is 2.80. The number of alkyl halides is 3. The van der Waals surface area contributed by atoms with Gasteiger partial charge in [0.05, 0.1) is 33.6 Å². The first kappa shape index (κ1) is 18.9. The van der Waals surface area contributed by atoms with E-state index in [4.69, 9.17) is 26.4 Å². The Labute approximate surface area is 146 Å². The highest BCUT2D eigenvalue weighted by Crippen LogP contribution is 2.46. The van der Waals surface area contributed by atoms with Crippen molar-refractivity contribution in [3.8, 4) is 17.2 Å². The lowest BCUT2D eigenvalue weighted by Crippen LogP contribution is -2.57. The van der Waals surface area contributed by atoms with Gasteiger partial charge in [-0.2, -0.15) is 13.2 Å². The molecular weight excluding hydrogens is 367 g/mol. The van der Waals surface area contributed by atoms with Gasteiger partial charge in [0.2, 0.25) is 11.5 Å². The molecule has 2 rings (SSSR count). The van der Waals surface area contributed by atoms with Crippen molar-refractivity contribution in [1.29, 1.82) is 0 Å². The number of thiocarbonyl (C=S) groups is 1. The first-order valence-corrected chi connectivity index (χ1v) is 8.10. The van der Waals surface area contributed by atoms with Crippen molar-refractivity contribution in [2.45, 2.75) is 18.4 Å². The maximum Gasteiger partial charge on any atom is 0.437 e. The Morgan fingerprint density at radius 2 is 1.83 bits per heavy atom. The summed E-state index contributed by atoms with van der Waals surface area (Å²) < 4.78 is 55.4. The van der Waals surface area contributed by atoms with Crippen LogP contribution in [0.1, 0.15) is 5.56 Å². The standard InChI is InChI=1S/C14H16F3NO4S2/c1-20-9-5-4-8(10(21-2)11(9)22-3)6-18-12(23)24-7-13(18,19)14(15,16)17/h4-5,19H,6-7H2,1-3H3. The van der Waals surface area contributed by atoms with Gasteiger partial charge in [-0.3, -0.25) is 0 Å². The number of thioether (sulfide) groups is 1. The van der Waals surface area contributed by atoms with Crippen LogP contribution in [0.2, 0.25) is 0 Å². The number of hydrogen-bond donors (Lipinski definition) is 1. The van der Waals surface area contributed by atoms with Gasteiger partial charge in [-0.1, -0.05) is 24.0 Å². The molecule has 5 nitrogen and oxygen atoms in total. The van der Waals surface area contributed by atoms with Gasteiger partial charge in [0.15, 0.2) is 11.5 Å². The van der Waals surface area contributed by atoms with Gasteiger partial charge >= 0.3 is 6.18 Å². The molecule has 1 fully saturated rings. The van der Waals surface area contributed by atoms with Crippen LogP contribution in [0.25, 0.3) is 0 Å². The van der Waals surface area contributed by atoms with Crippen LogP contribution in [0, 0.1) is 0 Å². The second-order valence-electron chi connectivity index (χ2n) is 4.95. The largest absolute Gasteiger partial charge is 0.493 e. The molecule has 1 saturated heterocycles. The van der Waals surface area contributed by atoms with E-state index in [1.165, 1.54) is 21.3 Å². The van der Waals surface area contributed by atoms with Gasteiger partial charge in [-0.25, -0.2) is 0 Å². The fourth-order valence-corrected chi connectivity index (χ4v) is 3.77. The first-order chi connectivity index (χ1) is 11.2. The number of benzene rings is 1. The van der Waals surface area contributed by atoms with Gasteiger partial charge in [-0.15, -0.1) is 0 Å². The summed E-state index contributed by atoms with van der Waals surface area (Å²) in [6.45, 7) is -0.286.